The molecule has 2 aromatic carbocycles. The fourth-order valence-corrected chi connectivity index (χ4v) is 3.12. The third-order valence-corrected chi connectivity index (χ3v) is 4.71. The average Bonchev–Trinajstić information content (AvgIpc) is 2.63. The number of benzene rings is 2. The van der Waals surface area contributed by atoms with Crippen LogP contribution in [0.25, 0.3) is 0 Å². The summed E-state index contributed by atoms with van der Waals surface area (Å²) in [5.41, 5.74) is 2.21. The molecule has 0 aliphatic carbocycles. The van der Waals surface area contributed by atoms with Crippen LogP contribution in [0.15, 0.2) is 65.8 Å². The summed E-state index contributed by atoms with van der Waals surface area (Å²) < 4.78 is 5.89. The molecule has 1 heterocycles. The van der Waals surface area contributed by atoms with Crippen LogP contribution in [0.5, 0.6) is 11.6 Å². The van der Waals surface area contributed by atoms with E-state index in [1.807, 2.05) is 36.4 Å². The van der Waals surface area contributed by atoms with Gasteiger partial charge >= 0.3 is 0 Å². The number of nitrogens with zero attached hydrogens (tertiary/aromatic N) is 2. The van der Waals surface area contributed by atoms with Gasteiger partial charge in [-0.25, -0.2) is 4.98 Å². The van der Waals surface area contributed by atoms with E-state index in [2.05, 4.69) is 35.9 Å². The summed E-state index contributed by atoms with van der Waals surface area (Å²) in [5, 5.41) is 1.40. The van der Waals surface area contributed by atoms with Crippen LogP contribution in [0.3, 0.4) is 0 Å². The largest absolute Gasteiger partial charge is 0.439 e. The Hall–Kier alpha value is -2.04. The quantitative estimate of drug-likeness (QED) is 0.374. The van der Waals surface area contributed by atoms with Gasteiger partial charge in [0.25, 0.3) is 0 Å². The van der Waals surface area contributed by atoms with Crippen molar-refractivity contribution in [3.05, 3.63) is 76.9 Å². The van der Waals surface area contributed by atoms with Gasteiger partial charge in [-0.3, -0.25) is 0 Å². The first kappa shape index (κ1) is 17.8. The standard InChI is InChI=1S/C20H19ClN2OS/c1-14(2)18-12-19(24-17-10-8-16(21)9-11-17)23-20(22-18)25-13-15-6-4-3-5-7-15/h3-12,14H,13H2,1-2H3. The van der Waals surface area contributed by atoms with Crippen LogP contribution in [0.2, 0.25) is 5.02 Å². The number of halogens is 1. The predicted molar refractivity (Wildman–Crippen MR) is 104 cm³/mol. The molecule has 1 aromatic heterocycles. The lowest BCUT2D eigenvalue weighted by Crippen LogP contribution is -1.99. The van der Waals surface area contributed by atoms with Crippen LogP contribution in [0.1, 0.15) is 31.0 Å². The van der Waals surface area contributed by atoms with Crippen molar-refractivity contribution < 1.29 is 4.74 Å². The van der Waals surface area contributed by atoms with E-state index in [0.717, 1.165) is 16.6 Å². The minimum Gasteiger partial charge on any atom is -0.439 e. The van der Waals surface area contributed by atoms with E-state index < -0.39 is 0 Å². The van der Waals surface area contributed by atoms with Gasteiger partial charge < -0.3 is 4.74 Å². The Kier molecular flexibility index (Phi) is 5.95. The van der Waals surface area contributed by atoms with Crippen molar-refractivity contribution in [3.8, 4) is 11.6 Å². The molecule has 128 valence electrons. The second-order valence-electron chi connectivity index (χ2n) is 5.90. The minimum absolute atomic E-state index is 0.298. The SMILES string of the molecule is CC(C)c1cc(Oc2ccc(Cl)cc2)nc(SCc2ccccc2)n1. The van der Waals surface area contributed by atoms with E-state index in [9.17, 15) is 0 Å². The molecule has 5 heteroatoms. The topological polar surface area (TPSA) is 35.0 Å². The highest BCUT2D eigenvalue weighted by molar-refractivity contribution is 7.98. The fourth-order valence-electron chi connectivity index (χ4n) is 2.18. The summed E-state index contributed by atoms with van der Waals surface area (Å²) in [4.78, 5) is 9.20. The average molecular weight is 371 g/mol. The summed E-state index contributed by atoms with van der Waals surface area (Å²) in [6.07, 6.45) is 0. The summed E-state index contributed by atoms with van der Waals surface area (Å²) in [7, 11) is 0. The molecule has 0 atom stereocenters. The summed E-state index contributed by atoms with van der Waals surface area (Å²) in [5.74, 6) is 2.38. The number of hydrogen-bond acceptors (Lipinski definition) is 4. The van der Waals surface area contributed by atoms with Gasteiger partial charge in [0.05, 0.1) is 5.69 Å². The van der Waals surface area contributed by atoms with Gasteiger partial charge in [0.15, 0.2) is 5.16 Å². The van der Waals surface area contributed by atoms with Crippen molar-refractivity contribution in [2.45, 2.75) is 30.7 Å². The molecule has 3 nitrogen and oxygen atoms in total. The van der Waals surface area contributed by atoms with E-state index in [0.29, 0.717) is 22.6 Å². The van der Waals surface area contributed by atoms with Gasteiger partial charge in [-0.15, -0.1) is 0 Å². The molecule has 3 aromatic rings. The number of thioether (sulfide) groups is 1. The maximum Gasteiger partial charge on any atom is 0.223 e. The lowest BCUT2D eigenvalue weighted by Gasteiger charge is -2.11. The van der Waals surface area contributed by atoms with Crippen molar-refractivity contribution >= 4 is 23.4 Å². The lowest BCUT2D eigenvalue weighted by atomic mass is 10.1. The summed E-state index contributed by atoms with van der Waals surface area (Å²) >= 11 is 7.53. The monoisotopic (exact) mass is 370 g/mol. The zero-order chi connectivity index (χ0) is 17.6. The van der Waals surface area contributed by atoms with Gasteiger partial charge in [-0.05, 0) is 35.7 Å². The number of hydrogen-bond donors (Lipinski definition) is 0. The molecule has 0 amide bonds. The zero-order valence-corrected chi connectivity index (χ0v) is 15.7. The van der Waals surface area contributed by atoms with Crippen molar-refractivity contribution in [1.29, 1.82) is 0 Å². The lowest BCUT2D eigenvalue weighted by molar-refractivity contribution is 0.453. The van der Waals surface area contributed by atoms with Crippen LogP contribution in [-0.4, -0.2) is 9.97 Å². The molecule has 0 aliphatic heterocycles. The van der Waals surface area contributed by atoms with Crippen LogP contribution >= 0.6 is 23.4 Å². The molecule has 0 radical (unpaired) electrons. The second-order valence-corrected chi connectivity index (χ2v) is 7.28. The molecule has 0 saturated carbocycles. The number of aromatic nitrogens is 2. The predicted octanol–water partition coefficient (Wildman–Crippen LogP) is 6.34. The molecule has 25 heavy (non-hydrogen) atoms. The molecule has 3 rings (SSSR count). The first-order valence-electron chi connectivity index (χ1n) is 8.09. The summed E-state index contributed by atoms with van der Waals surface area (Å²) in [6, 6.07) is 19.4. The maximum atomic E-state index is 5.92. The molecular weight excluding hydrogens is 352 g/mol. The Bertz CT molecular complexity index is 823. The Morgan fingerprint density at radius 2 is 1.72 bits per heavy atom. The molecular formula is C20H19ClN2OS. The van der Waals surface area contributed by atoms with Gasteiger partial charge in [0.1, 0.15) is 5.75 Å². The summed E-state index contributed by atoms with van der Waals surface area (Å²) in [6.45, 7) is 4.22. The second kappa shape index (κ2) is 8.37. The van der Waals surface area contributed by atoms with E-state index in [1.165, 1.54) is 5.56 Å². The molecule has 0 spiro atoms. The molecule has 0 bridgehead atoms. The van der Waals surface area contributed by atoms with E-state index in [1.54, 1.807) is 23.9 Å². The van der Waals surface area contributed by atoms with E-state index in [-0.39, 0.29) is 0 Å². The van der Waals surface area contributed by atoms with Gasteiger partial charge in [0.2, 0.25) is 5.88 Å². The van der Waals surface area contributed by atoms with Crippen LogP contribution in [-0.2, 0) is 5.75 Å². The highest BCUT2D eigenvalue weighted by Gasteiger charge is 2.10. The smallest absolute Gasteiger partial charge is 0.223 e. The van der Waals surface area contributed by atoms with Gasteiger partial charge in [-0.2, -0.15) is 4.98 Å². The molecule has 0 unspecified atom stereocenters. The fraction of sp³-hybridized carbons (Fsp3) is 0.200. The van der Waals surface area contributed by atoms with Crippen LogP contribution in [0.4, 0.5) is 0 Å². The van der Waals surface area contributed by atoms with Gasteiger partial charge in [-0.1, -0.05) is 67.5 Å². The van der Waals surface area contributed by atoms with Crippen LogP contribution < -0.4 is 4.74 Å². The number of ether oxygens (including phenoxy) is 1. The van der Waals surface area contributed by atoms with E-state index >= 15 is 0 Å². The molecule has 0 N–H and O–H groups in total. The highest BCUT2D eigenvalue weighted by Crippen LogP contribution is 2.28. The molecule has 0 aliphatic rings. The third kappa shape index (κ3) is 5.21. The Morgan fingerprint density at radius 3 is 2.40 bits per heavy atom. The Morgan fingerprint density at radius 1 is 1.00 bits per heavy atom. The van der Waals surface area contributed by atoms with E-state index in [4.69, 9.17) is 16.3 Å². The van der Waals surface area contributed by atoms with Crippen molar-refractivity contribution in [1.82, 2.24) is 9.97 Å². The van der Waals surface area contributed by atoms with Crippen molar-refractivity contribution in [3.63, 3.8) is 0 Å². The Labute approximate surface area is 157 Å². The maximum absolute atomic E-state index is 5.92. The first-order chi connectivity index (χ1) is 12.1. The molecule has 0 saturated heterocycles. The van der Waals surface area contributed by atoms with Crippen molar-refractivity contribution in [2.24, 2.45) is 0 Å². The van der Waals surface area contributed by atoms with Crippen LogP contribution in [0, 0.1) is 0 Å². The number of rotatable bonds is 6. The first-order valence-corrected chi connectivity index (χ1v) is 9.45. The highest BCUT2D eigenvalue weighted by atomic mass is 35.5. The van der Waals surface area contributed by atoms with Crippen molar-refractivity contribution in [2.75, 3.05) is 0 Å². The third-order valence-electron chi connectivity index (χ3n) is 3.54. The minimum atomic E-state index is 0.298. The molecule has 0 fully saturated rings. The Balaban J connectivity index is 1.80. The van der Waals surface area contributed by atoms with Gasteiger partial charge in [0, 0.05) is 16.8 Å². The normalized spacial score (nSPS) is 10.9. The zero-order valence-electron chi connectivity index (χ0n) is 14.1.